The summed E-state index contributed by atoms with van der Waals surface area (Å²) in [6, 6.07) is 5.89. The molecule has 0 radical (unpaired) electrons. The van der Waals surface area contributed by atoms with E-state index in [-0.39, 0.29) is 5.82 Å². The van der Waals surface area contributed by atoms with E-state index in [1.165, 1.54) is 0 Å². The number of rotatable bonds is 3. The van der Waals surface area contributed by atoms with E-state index in [1.807, 2.05) is 39.8 Å². The third-order valence-electron chi connectivity index (χ3n) is 5.88. The van der Waals surface area contributed by atoms with Crippen LogP contribution in [0.5, 0.6) is 0 Å². The quantitative estimate of drug-likeness (QED) is 0.784. The summed E-state index contributed by atoms with van der Waals surface area (Å²) >= 11 is 0. The third-order valence-corrected chi connectivity index (χ3v) is 5.88. The van der Waals surface area contributed by atoms with Crippen molar-refractivity contribution in [2.45, 2.75) is 58.8 Å². The van der Waals surface area contributed by atoms with Crippen molar-refractivity contribution in [1.82, 2.24) is 4.90 Å². The molecule has 0 unspecified atom stereocenters. The van der Waals surface area contributed by atoms with Crippen LogP contribution in [0.15, 0.2) is 18.2 Å². The van der Waals surface area contributed by atoms with Crippen LogP contribution < -0.4 is 10.4 Å². The van der Waals surface area contributed by atoms with Crippen LogP contribution >= 0.6 is 0 Å². The Balaban J connectivity index is 1.72. The maximum absolute atomic E-state index is 14.8. The van der Waals surface area contributed by atoms with Crippen molar-refractivity contribution in [2.24, 2.45) is 0 Å². The molecule has 0 bridgehead atoms. The topological polar surface area (TPSA) is 24.9 Å². The molecule has 0 aliphatic carbocycles. The molecule has 0 saturated carbocycles. The van der Waals surface area contributed by atoms with E-state index in [4.69, 9.17) is 9.31 Å². The predicted octanol–water partition coefficient (Wildman–Crippen LogP) is 2.66. The summed E-state index contributed by atoms with van der Waals surface area (Å²) < 4.78 is 26.8. The maximum Gasteiger partial charge on any atom is 0.494 e. The molecule has 1 aromatic carbocycles. The Hall–Kier alpha value is -1.11. The van der Waals surface area contributed by atoms with Crippen LogP contribution in [0.1, 0.15) is 41.5 Å². The third kappa shape index (κ3) is 3.57. The first-order valence-corrected chi connectivity index (χ1v) is 9.25. The van der Waals surface area contributed by atoms with Gasteiger partial charge in [-0.15, -0.1) is 0 Å². The van der Waals surface area contributed by atoms with Crippen molar-refractivity contribution in [3.05, 3.63) is 24.0 Å². The molecule has 0 amide bonds. The van der Waals surface area contributed by atoms with E-state index in [1.54, 1.807) is 6.07 Å². The number of hydrogen-bond donors (Lipinski definition) is 0. The van der Waals surface area contributed by atoms with Gasteiger partial charge in [0.1, 0.15) is 5.82 Å². The van der Waals surface area contributed by atoms with E-state index >= 15 is 0 Å². The first-order valence-electron chi connectivity index (χ1n) is 9.25. The standard InChI is InChI=1S/C19H30BFN2O2/c1-14(2)22-9-11-23(12-10-22)17-8-7-15(13-16(17)21)20-24-18(3,4)19(5,6)25-20/h7-8,13-14H,9-12H2,1-6H3. The summed E-state index contributed by atoms with van der Waals surface area (Å²) in [4.78, 5) is 4.55. The molecular formula is C19H30BFN2O2. The Bertz CT molecular complexity index is 612. The summed E-state index contributed by atoms with van der Waals surface area (Å²) in [6.45, 7) is 16.1. The molecule has 4 nitrogen and oxygen atoms in total. The molecule has 2 aliphatic rings. The van der Waals surface area contributed by atoms with Crippen molar-refractivity contribution in [2.75, 3.05) is 31.1 Å². The molecule has 2 saturated heterocycles. The molecule has 6 heteroatoms. The van der Waals surface area contributed by atoms with Crippen LogP contribution in [0.4, 0.5) is 10.1 Å². The van der Waals surface area contributed by atoms with Gasteiger partial charge >= 0.3 is 7.12 Å². The summed E-state index contributed by atoms with van der Waals surface area (Å²) in [7, 11) is -0.522. The van der Waals surface area contributed by atoms with Gasteiger partial charge in [-0.25, -0.2) is 4.39 Å². The molecule has 25 heavy (non-hydrogen) atoms. The van der Waals surface area contributed by atoms with Gasteiger partial charge in [0.15, 0.2) is 0 Å². The number of hydrogen-bond acceptors (Lipinski definition) is 4. The normalized spacial score (nSPS) is 23.5. The number of benzene rings is 1. The first kappa shape index (κ1) is 18.7. The number of piperazine rings is 1. The molecule has 2 aliphatic heterocycles. The molecule has 0 spiro atoms. The van der Waals surface area contributed by atoms with Gasteiger partial charge < -0.3 is 14.2 Å². The molecule has 0 atom stereocenters. The Morgan fingerprint density at radius 1 is 1.00 bits per heavy atom. The van der Waals surface area contributed by atoms with Crippen LogP contribution in [0.3, 0.4) is 0 Å². The van der Waals surface area contributed by atoms with E-state index in [0.717, 1.165) is 31.6 Å². The fourth-order valence-electron chi connectivity index (χ4n) is 3.38. The summed E-state index contributed by atoms with van der Waals surface area (Å²) in [6.07, 6.45) is 0. The van der Waals surface area contributed by atoms with Crippen molar-refractivity contribution >= 4 is 18.3 Å². The van der Waals surface area contributed by atoms with Crippen LogP contribution in [-0.2, 0) is 9.31 Å². The zero-order chi connectivity index (χ0) is 18.4. The fraction of sp³-hybridized carbons (Fsp3) is 0.684. The van der Waals surface area contributed by atoms with E-state index in [0.29, 0.717) is 11.7 Å². The van der Waals surface area contributed by atoms with Gasteiger partial charge in [0.25, 0.3) is 0 Å². The number of halogens is 1. The molecule has 0 aromatic heterocycles. The first-order chi connectivity index (χ1) is 11.6. The predicted molar refractivity (Wildman–Crippen MR) is 101 cm³/mol. The van der Waals surface area contributed by atoms with E-state index in [9.17, 15) is 4.39 Å². The summed E-state index contributed by atoms with van der Waals surface area (Å²) in [5, 5.41) is 0. The second-order valence-electron chi connectivity index (χ2n) is 8.42. The second-order valence-corrected chi connectivity index (χ2v) is 8.42. The van der Waals surface area contributed by atoms with Crippen molar-refractivity contribution < 1.29 is 13.7 Å². The van der Waals surface area contributed by atoms with Crippen LogP contribution in [0.25, 0.3) is 0 Å². The van der Waals surface area contributed by atoms with Crippen LogP contribution in [0.2, 0.25) is 0 Å². The van der Waals surface area contributed by atoms with Crippen LogP contribution in [-0.4, -0.2) is 55.4 Å². The second kappa shape index (κ2) is 6.56. The molecular weight excluding hydrogens is 318 g/mol. The smallest absolute Gasteiger partial charge is 0.399 e. The summed E-state index contributed by atoms with van der Waals surface area (Å²) in [5.74, 6) is -0.204. The zero-order valence-corrected chi connectivity index (χ0v) is 16.3. The Labute approximate surface area is 151 Å². The fourth-order valence-corrected chi connectivity index (χ4v) is 3.38. The molecule has 0 N–H and O–H groups in total. The van der Waals surface area contributed by atoms with Gasteiger partial charge in [-0.1, -0.05) is 6.07 Å². The van der Waals surface area contributed by atoms with Crippen molar-refractivity contribution in [1.29, 1.82) is 0 Å². The average molecular weight is 348 g/mol. The monoisotopic (exact) mass is 348 g/mol. The Kier molecular flexibility index (Phi) is 4.90. The summed E-state index contributed by atoms with van der Waals surface area (Å²) in [5.41, 5.74) is 0.573. The number of anilines is 1. The van der Waals surface area contributed by atoms with Gasteiger partial charge in [-0.05, 0) is 59.1 Å². The number of nitrogens with zero attached hydrogens (tertiary/aromatic N) is 2. The molecule has 1 aromatic rings. The molecule has 138 valence electrons. The minimum atomic E-state index is -0.522. The minimum absolute atomic E-state index is 0.204. The highest BCUT2D eigenvalue weighted by molar-refractivity contribution is 6.62. The lowest BCUT2D eigenvalue weighted by molar-refractivity contribution is 0.00578. The van der Waals surface area contributed by atoms with Gasteiger partial charge in [0.2, 0.25) is 0 Å². The van der Waals surface area contributed by atoms with Gasteiger partial charge in [0.05, 0.1) is 16.9 Å². The van der Waals surface area contributed by atoms with E-state index < -0.39 is 18.3 Å². The van der Waals surface area contributed by atoms with Gasteiger partial charge in [0, 0.05) is 32.2 Å². The highest BCUT2D eigenvalue weighted by Gasteiger charge is 2.51. The zero-order valence-electron chi connectivity index (χ0n) is 16.3. The Morgan fingerprint density at radius 2 is 1.56 bits per heavy atom. The van der Waals surface area contributed by atoms with Gasteiger partial charge in [-0.2, -0.15) is 0 Å². The SMILES string of the molecule is CC(C)N1CCN(c2ccc(B3OC(C)(C)C(C)(C)O3)cc2F)CC1. The van der Waals surface area contributed by atoms with E-state index in [2.05, 4.69) is 23.6 Å². The highest BCUT2D eigenvalue weighted by Crippen LogP contribution is 2.36. The lowest BCUT2D eigenvalue weighted by Gasteiger charge is -2.38. The van der Waals surface area contributed by atoms with Crippen molar-refractivity contribution in [3.63, 3.8) is 0 Å². The Morgan fingerprint density at radius 3 is 2.04 bits per heavy atom. The molecule has 3 rings (SSSR count). The van der Waals surface area contributed by atoms with Crippen molar-refractivity contribution in [3.8, 4) is 0 Å². The van der Waals surface area contributed by atoms with Gasteiger partial charge in [-0.3, -0.25) is 4.90 Å². The van der Waals surface area contributed by atoms with Crippen LogP contribution in [0, 0.1) is 5.82 Å². The highest BCUT2D eigenvalue weighted by atomic mass is 19.1. The molecule has 2 fully saturated rings. The largest absolute Gasteiger partial charge is 0.494 e. The lowest BCUT2D eigenvalue weighted by Crippen LogP contribution is -2.49. The maximum atomic E-state index is 14.8. The minimum Gasteiger partial charge on any atom is -0.399 e. The lowest BCUT2D eigenvalue weighted by atomic mass is 9.79. The average Bonchev–Trinajstić information content (AvgIpc) is 2.75. The molecule has 2 heterocycles.